The number of carbonyl (C=O) groups is 1. The van der Waals surface area contributed by atoms with Crippen LogP contribution in [0.3, 0.4) is 0 Å². The molecule has 150 valence electrons. The second-order valence-corrected chi connectivity index (χ2v) is 7.44. The van der Waals surface area contributed by atoms with E-state index in [1.165, 1.54) is 27.7 Å². The number of nitrogens with zero attached hydrogens (tertiary/aromatic N) is 1. The van der Waals surface area contributed by atoms with E-state index in [2.05, 4.69) is 63.2 Å². The summed E-state index contributed by atoms with van der Waals surface area (Å²) in [6.07, 6.45) is 1.39. The van der Waals surface area contributed by atoms with Gasteiger partial charge in [0.05, 0.1) is 0 Å². The van der Waals surface area contributed by atoms with E-state index >= 15 is 0 Å². The highest BCUT2D eigenvalue weighted by Gasteiger charge is 2.24. The van der Waals surface area contributed by atoms with Crippen molar-refractivity contribution in [3.63, 3.8) is 0 Å². The fraction of sp³-hybridized carbons (Fsp3) is 0.304. The Morgan fingerprint density at radius 1 is 1.14 bits per heavy atom. The van der Waals surface area contributed by atoms with E-state index in [4.69, 9.17) is 0 Å². The van der Waals surface area contributed by atoms with Crippen molar-refractivity contribution in [3.8, 4) is 0 Å². The van der Waals surface area contributed by atoms with E-state index < -0.39 is 0 Å². The molecule has 0 saturated carbocycles. The van der Waals surface area contributed by atoms with Gasteiger partial charge in [-0.2, -0.15) is 0 Å². The molecule has 0 fully saturated rings. The first-order valence-electron chi connectivity index (χ1n) is 10.0. The second kappa shape index (κ2) is 8.39. The average Bonchev–Trinajstić information content (AvgIpc) is 3.05. The number of aromatic nitrogens is 1. The topological polar surface area (TPSA) is 81.3 Å². The molecule has 1 aliphatic rings. The highest BCUT2D eigenvalue weighted by molar-refractivity contribution is 5.94. The Morgan fingerprint density at radius 2 is 1.93 bits per heavy atom. The van der Waals surface area contributed by atoms with Crippen molar-refractivity contribution in [2.45, 2.75) is 25.7 Å². The summed E-state index contributed by atoms with van der Waals surface area (Å²) in [5.74, 6) is 0.952. The first-order chi connectivity index (χ1) is 14.2. The first kappa shape index (κ1) is 19.1. The molecule has 29 heavy (non-hydrogen) atoms. The number of carbonyl (C=O) groups excluding carboxylic acids is 1. The van der Waals surface area contributed by atoms with Gasteiger partial charge in [0, 0.05) is 54.8 Å². The lowest BCUT2D eigenvalue weighted by Gasteiger charge is -2.26. The number of amides is 1. The van der Waals surface area contributed by atoms with Crippen LogP contribution < -0.4 is 16.0 Å². The van der Waals surface area contributed by atoms with E-state index in [-0.39, 0.29) is 11.8 Å². The number of H-pyrrole nitrogens is 1. The van der Waals surface area contributed by atoms with E-state index in [1.54, 1.807) is 7.05 Å². The molecule has 0 radical (unpaired) electrons. The molecule has 1 atom stereocenters. The molecule has 2 heterocycles. The van der Waals surface area contributed by atoms with Crippen molar-refractivity contribution >= 4 is 28.5 Å². The minimum Gasteiger partial charge on any atom is -0.358 e. The number of aliphatic imine (C=N–C) groups is 1. The lowest BCUT2D eigenvalue weighted by molar-refractivity contribution is -0.116. The van der Waals surface area contributed by atoms with Crippen LogP contribution in [0.5, 0.6) is 0 Å². The molecule has 1 unspecified atom stereocenters. The molecule has 4 N–H and O–H groups in total. The number of para-hydroxylation sites is 2. The molecule has 1 aromatic heterocycles. The fourth-order valence-corrected chi connectivity index (χ4v) is 4.09. The maximum absolute atomic E-state index is 12.0. The lowest BCUT2D eigenvalue weighted by Crippen LogP contribution is -2.41. The number of aromatic amines is 1. The molecule has 0 aliphatic carbocycles. The van der Waals surface area contributed by atoms with Crippen LogP contribution in [0.15, 0.2) is 53.5 Å². The highest BCUT2D eigenvalue weighted by Crippen LogP contribution is 2.31. The second-order valence-electron chi connectivity index (χ2n) is 7.44. The van der Waals surface area contributed by atoms with Gasteiger partial charge in [-0.3, -0.25) is 9.79 Å². The number of fused-ring (bicyclic) bond motifs is 2. The number of benzene rings is 2. The van der Waals surface area contributed by atoms with E-state index in [9.17, 15) is 4.79 Å². The standard InChI is InChI=1S/C23H27N5O/c1-15-17(19-8-4-6-10-21(19)27-15)11-12-25-23(24-2)26-14-16-13-22(29)28-20-9-5-3-7-18(16)20/h3-10,16,27H,11-14H2,1-2H3,(H,28,29)(H2,24,25,26). The van der Waals surface area contributed by atoms with Gasteiger partial charge in [0.1, 0.15) is 0 Å². The summed E-state index contributed by atoms with van der Waals surface area (Å²) >= 11 is 0. The normalized spacial score (nSPS) is 16.4. The van der Waals surface area contributed by atoms with Crippen molar-refractivity contribution in [1.29, 1.82) is 0 Å². The molecule has 6 nitrogen and oxygen atoms in total. The van der Waals surface area contributed by atoms with Crippen molar-refractivity contribution < 1.29 is 4.79 Å². The quantitative estimate of drug-likeness (QED) is 0.399. The molecular formula is C23H27N5O. The number of guanidine groups is 1. The third-order valence-corrected chi connectivity index (χ3v) is 5.54. The van der Waals surface area contributed by atoms with E-state index in [0.29, 0.717) is 13.0 Å². The summed E-state index contributed by atoms with van der Waals surface area (Å²) in [6, 6.07) is 16.4. The van der Waals surface area contributed by atoms with Crippen LogP contribution in [0.2, 0.25) is 0 Å². The van der Waals surface area contributed by atoms with Gasteiger partial charge in [0.2, 0.25) is 5.91 Å². The Balaban J connectivity index is 1.35. The molecule has 1 amide bonds. The molecular weight excluding hydrogens is 362 g/mol. The van der Waals surface area contributed by atoms with Crippen molar-refractivity contribution in [2.24, 2.45) is 4.99 Å². The Kier molecular flexibility index (Phi) is 5.51. The Morgan fingerprint density at radius 3 is 2.79 bits per heavy atom. The maximum atomic E-state index is 12.0. The van der Waals surface area contributed by atoms with Gasteiger partial charge in [0.15, 0.2) is 5.96 Å². The zero-order valence-corrected chi connectivity index (χ0v) is 16.9. The summed E-state index contributed by atoms with van der Waals surface area (Å²) in [5.41, 5.74) is 5.80. The molecule has 0 saturated heterocycles. The number of nitrogens with one attached hydrogen (secondary N) is 4. The van der Waals surface area contributed by atoms with Gasteiger partial charge in [0.25, 0.3) is 0 Å². The highest BCUT2D eigenvalue weighted by atomic mass is 16.1. The zero-order valence-electron chi connectivity index (χ0n) is 16.9. The molecule has 1 aliphatic heterocycles. The van der Waals surface area contributed by atoms with E-state index in [1.807, 2.05) is 18.2 Å². The van der Waals surface area contributed by atoms with Gasteiger partial charge < -0.3 is 20.9 Å². The predicted octanol–water partition coefficient (Wildman–Crippen LogP) is 3.31. The minimum absolute atomic E-state index is 0.0632. The Bertz CT molecular complexity index is 1050. The van der Waals surface area contributed by atoms with Crippen LogP contribution in [0.4, 0.5) is 5.69 Å². The van der Waals surface area contributed by atoms with Crippen molar-refractivity contribution in [1.82, 2.24) is 15.6 Å². The molecule has 2 aromatic carbocycles. The summed E-state index contributed by atoms with van der Waals surface area (Å²) in [5, 5.41) is 11.0. The van der Waals surface area contributed by atoms with Gasteiger partial charge in [-0.05, 0) is 36.6 Å². The molecule has 4 rings (SSSR count). The van der Waals surface area contributed by atoms with Crippen LogP contribution in [0.25, 0.3) is 10.9 Å². The van der Waals surface area contributed by atoms with Crippen LogP contribution in [0.1, 0.15) is 29.2 Å². The third-order valence-electron chi connectivity index (χ3n) is 5.54. The maximum Gasteiger partial charge on any atom is 0.225 e. The predicted molar refractivity (Wildman–Crippen MR) is 119 cm³/mol. The Hall–Kier alpha value is -3.28. The number of aryl methyl sites for hydroxylation is 1. The van der Waals surface area contributed by atoms with E-state index in [0.717, 1.165) is 24.6 Å². The Labute approximate surface area is 170 Å². The molecule has 3 aromatic rings. The van der Waals surface area contributed by atoms with Gasteiger partial charge in [-0.25, -0.2) is 0 Å². The van der Waals surface area contributed by atoms with Crippen molar-refractivity contribution in [2.75, 3.05) is 25.5 Å². The first-order valence-corrected chi connectivity index (χ1v) is 10.0. The molecule has 0 bridgehead atoms. The summed E-state index contributed by atoms with van der Waals surface area (Å²) < 4.78 is 0. The number of anilines is 1. The minimum atomic E-state index is 0.0632. The number of rotatable bonds is 5. The van der Waals surface area contributed by atoms with Gasteiger partial charge >= 0.3 is 0 Å². The summed E-state index contributed by atoms with van der Waals surface area (Å²) in [4.78, 5) is 19.8. The van der Waals surface area contributed by atoms with Crippen LogP contribution in [-0.2, 0) is 11.2 Å². The largest absolute Gasteiger partial charge is 0.358 e. The van der Waals surface area contributed by atoms with Crippen LogP contribution in [0, 0.1) is 6.92 Å². The zero-order chi connectivity index (χ0) is 20.2. The monoisotopic (exact) mass is 389 g/mol. The smallest absolute Gasteiger partial charge is 0.225 e. The number of hydrogen-bond acceptors (Lipinski definition) is 2. The van der Waals surface area contributed by atoms with Gasteiger partial charge in [-0.15, -0.1) is 0 Å². The molecule has 6 heteroatoms. The van der Waals surface area contributed by atoms with Crippen LogP contribution in [-0.4, -0.2) is 37.0 Å². The average molecular weight is 390 g/mol. The lowest BCUT2D eigenvalue weighted by atomic mass is 9.90. The van der Waals surface area contributed by atoms with Gasteiger partial charge in [-0.1, -0.05) is 36.4 Å². The summed E-state index contributed by atoms with van der Waals surface area (Å²) in [6.45, 7) is 3.56. The van der Waals surface area contributed by atoms with Crippen LogP contribution >= 0.6 is 0 Å². The SMILES string of the molecule is CN=C(NCCc1c(C)[nH]c2ccccc12)NCC1CC(=O)Nc2ccccc21. The fourth-order valence-electron chi connectivity index (χ4n) is 4.09. The molecule has 0 spiro atoms. The summed E-state index contributed by atoms with van der Waals surface area (Å²) in [7, 11) is 1.77. The number of hydrogen-bond donors (Lipinski definition) is 4. The van der Waals surface area contributed by atoms with Crippen molar-refractivity contribution in [3.05, 3.63) is 65.4 Å². The third kappa shape index (κ3) is 4.11.